The Labute approximate surface area is 172 Å². The van der Waals surface area contributed by atoms with Crippen LogP contribution in [-0.4, -0.2) is 45.5 Å². The lowest BCUT2D eigenvalue weighted by Gasteiger charge is -2.35. The average Bonchev–Trinajstić information content (AvgIpc) is 2.89. The minimum atomic E-state index is -4.12. The normalized spacial score (nSPS) is 29.1. The number of aromatic hydroxyl groups is 1. The van der Waals surface area contributed by atoms with Crippen LogP contribution < -0.4 is 5.73 Å². The Balaban J connectivity index is 0.000000209. The van der Waals surface area contributed by atoms with Gasteiger partial charge in [-0.3, -0.25) is 14.1 Å². The highest BCUT2D eigenvalue weighted by atomic mass is 79.9. The number of ketones is 1. The van der Waals surface area contributed by atoms with Gasteiger partial charge in [0.25, 0.3) is 10.1 Å². The third-order valence-corrected chi connectivity index (χ3v) is 7.98. The molecule has 0 aliphatic heterocycles. The zero-order chi connectivity index (χ0) is 21.5. The van der Waals surface area contributed by atoms with Crippen molar-refractivity contribution < 1.29 is 32.8 Å². The molecule has 0 radical (unpaired) electrons. The van der Waals surface area contributed by atoms with Gasteiger partial charge in [-0.1, -0.05) is 41.9 Å². The molecule has 0 aromatic heterocycles. The highest BCUT2D eigenvalue weighted by molar-refractivity contribution is 9.10. The van der Waals surface area contributed by atoms with E-state index in [0.29, 0.717) is 12.0 Å². The molecule has 5 N–H and O–H groups in total. The van der Waals surface area contributed by atoms with Gasteiger partial charge in [0.15, 0.2) is 5.78 Å². The largest absolute Gasteiger partial charge is 0.508 e. The first-order chi connectivity index (χ1) is 12.7. The van der Waals surface area contributed by atoms with E-state index in [1.807, 2.05) is 13.8 Å². The molecule has 1 aromatic rings. The highest BCUT2D eigenvalue weighted by Crippen LogP contribution is 2.65. The Kier molecular flexibility index (Phi) is 6.30. The number of phenolic OH excluding ortho intramolecular Hbond substituents is 1. The molecule has 10 heteroatoms. The fourth-order valence-corrected chi connectivity index (χ4v) is 6.95. The minimum Gasteiger partial charge on any atom is -0.508 e. The van der Waals surface area contributed by atoms with Crippen LogP contribution in [0.4, 0.5) is 0 Å². The van der Waals surface area contributed by atoms with Crippen LogP contribution >= 0.6 is 15.9 Å². The topological polar surface area (TPSA) is 155 Å². The van der Waals surface area contributed by atoms with Gasteiger partial charge in [0.1, 0.15) is 11.8 Å². The molecular weight excluding hydrogens is 454 g/mol. The van der Waals surface area contributed by atoms with Crippen molar-refractivity contribution in [2.45, 2.75) is 37.6 Å². The number of hydrogen-bond acceptors (Lipinski definition) is 6. The van der Waals surface area contributed by atoms with Crippen LogP contribution in [0.5, 0.6) is 5.75 Å². The maximum absolute atomic E-state index is 12.2. The number of carbonyl (C=O) groups excluding carboxylic acids is 1. The summed E-state index contributed by atoms with van der Waals surface area (Å²) in [6.07, 6.45) is 1.40. The van der Waals surface area contributed by atoms with Crippen molar-refractivity contribution in [1.82, 2.24) is 0 Å². The van der Waals surface area contributed by atoms with Crippen LogP contribution in [0.15, 0.2) is 24.3 Å². The van der Waals surface area contributed by atoms with Crippen LogP contribution in [0.1, 0.15) is 38.3 Å². The number of Topliss-reactive ketones (excluding diaryl/α,β-unsaturated/α-hetero) is 1. The van der Waals surface area contributed by atoms with E-state index in [-0.39, 0.29) is 27.7 Å². The summed E-state index contributed by atoms with van der Waals surface area (Å²) >= 11 is 3.35. The van der Waals surface area contributed by atoms with Crippen molar-refractivity contribution in [3.63, 3.8) is 0 Å². The molecule has 4 unspecified atom stereocenters. The number of phenols is 1. The summed E-state index contributed by atoms with van der Waals surface area (Å²) in [5, 5.41) is 17.4. The summed E-state index contributed by atoms with van der Waals surface area (Å²) in [6.45, 7) is 3.85. The van der Waals surface area contributed by atoms with Gasteiger partial charge < -0.3 is 15.9 Å². The standard InChI is InChI=1S/C10H15BrO4S.C8H9NO3/c1-9(2)6-3-4-10(9,5-16(13,14)15)8(12)7(6)11;9-7(8(11)12)5-1-3-6(10)4-2-5/h6-7H,3-5H2,1-2H3,(H,13,14,15);1-4,7,10H,9H2,(H,11,12). The Bertz CT molecular complexity index is 868. The zero-order valence-electron chi connectivity index (χ0n) is 15.5. The molecule has 2 aliphatic carbocycles. The van der Waals surface area contributed by atoms with E-state index in [9.17, 15) is 18.0 Å². The summed E-state index contributed by atoms with van der Waals surface area (Å²) in [5.41, 5.74) is 4.51. The van der Waals surface area contributed by atoms with Crippen LogP contribution in [0.3, 0.4) is 0 Å². The van der Waals surface area contributed by atoms with E-state index in [1.54, 1.807) is 0 Å². The number of alkyl halides is 1. The molecule has 3 rings (SSSR count). The zero-order valence-corrected chi connectivity index (χ0v) is 17.9. The fraction of sp³-hybridized carbons (Fsp3) is 0.556. The number of nitrogens with two attached hydrogens (primary N) is 1. The monoisotopic (exact) mass is 477 g/mol. The van der Waals surface area contributed by atoms with Crippen LogP contribution in [-0.2, 0) is 19.7 Å². The number of carbonyl (C=O) groups is 2. The first-order valence-electron chi connectivity index (χ1n) is 8.64. The fourth-order valence-electron chi connectivity index (χ4n) is 4.30. The van der Waals surface area contributed by atoms with Gasteiger partial charge in [-0.2, -0.15) is 8.42 Å². The van der Waals surface area contributed by atoms with Gasteiger partial charge >= 0.3 is 5.97 Å². The molecule has 0 amide bonds. The predicted molar refractivity (Wildman–Crippen MR) is 106 cm³/mol. The molecule has 156 valence electrons. The number of carboxylic acids is 1. The lowest BCUT2D eigenvalue weighted by atomic mass is 9.70. The van der Waals surface area contributed by atoms with E-state index in [1.165, 1.54) is 24.3 Å². The van der Waals surface area contributed by atoms with E-state index >= 15 is 0 Å². The first-order valence-corrected chi connectivity index (χ1v) is 11.2. The number of halogens is 1. The molecule has 0 heterocycles. The van der Waals surface area contributed by atoms with Gasteiger partial charge in [0.05, 0.1) is 16.0 Å². The number of carboxylic acid groups (broad SMARTS) is 1. The van der Waals surface area contributed by atoms with Gasteiger partial charge in [-0.05, 0) is 41.9 Å². The van der Waals surface area contributed by atoms with Gasteiger partial charge in [-0.15, -0.1) is 0 Å². The Morgan fingerprint density at radius 3 is 2.25 bits per heavy atom. The van der Waals surface area contributed by atoms with Crippen LogP contribution in [0.25, 0.3) is 0 Å². The highest BCUT2D eigenvalue weighted by Gasteiger charge is 2.69. The second-order valence-corrected chi connectivity index (χ2v) is 10.3. The summed E-state index contributed by atoms with van der Waals surface area (Å²) in [5.74, 6) is -1.32. The molecule has 2 saturated carbocycles. The molecule has 4 atom stereocenters. The summed E-state index contributed by atoms with van der Waals surface area (Å²) in [7, 11) is -4.12. The maximum atomic E-state index is 12.2. The third kappa shape index (κ3) is 4.10. The number of aliphatic carboxylic acids is 1. The van der Waals surface area contributed by atoms with E-state index < -0.39 is 33.3 Å². The van der Waals surface area contributed by atoms with E-state index in [4.69, 9.17) is 20.5 Å². The Morgan fingerprint density at radius 1 is 1.32 bits per heavy atom. The maximum Gasteiger partial charge on any atom is 0.325 e. The lowest BCUT2D eigenvalue weighted by molar-refractivity contribution is -0.138. The van der Waals surface area contributed by atoms with Crippen molar-refractivity contribution in [3.8, 4) is 5.75 Å². The van der Waals surface area contributed by atoms with Crippen molar-refractivity contribution in [3.05, 3.63) is 29.8 Å². The number of benzene rings is 1. The van der Waals surface area contributed by atoms with Crippen molar-refractivity contribution >= 4 is 37.8 Å². The molecule has 8 nitrogen and oxygen atoms in total. The smallest absolute Gasteiger partial charge is 0.325 e. The third-order valence-electron chi connectivity index (χ3n) is 6.06. The first kappa shape index (κ1) is 22.8. The lowest BCUT2D eigenvalue weighted by Crippen LogP contribution is -2.43. The van der Waals surface area contributed by atoms with Crippen molar-refractivity contribution in [1.29, 1.82) is 0 Å². The SMILES string of the molecule is CC1(C)C2CCC1(CS(=O)(=O)O)C(=O)C2Br.NC(C(=O)O)c1ccc(O)cc1. The summed E-state index contributed by atoms with van der Waals surface area (Å²) in [6, 6.07) is 4.74. The average molecular weight is 478 g/mol. The number of rotatable bonds is 4. The number of fused-ring (bicyclic) bond motifs is 2. The van der Waals surface area contributed by atoms with Crippen LogP contribution in [0.2, 0.25) is 0 Å². The van der Waals surface area contributed by atoms with Gasteiger partial charge in [-0.25, -0.2) is 0 Å². The van der Waals surface area contributed by atoms with Gasteiger partial charge in [0, 0.05) is 0 Å². The van der Waals surface area contributed by atoms with Gasteiger partial charge in [0.2, 0.25) is 0 Å². The Hall–Kier alpha value is -1.49. The van der Waals surface area contributed by atoms with E-state index in [2.05, 4.69) is 15.9 Å². The summed E-state index contributed by atoms with van der Waals surface area (Å²) in [4.78, 5) is 22.3. The molecule has 1 aromatic carbocycles. The predicted octanol–water partition coefficient (Wildman–Crippen LogP) is 2.12. The molecule has 2 aliphatic rings. The second kappa shape index (κ2) is 7.74. The quantitative estimate of drug-likeness (QED) is 0.379. The Morgan fingerprint density at radius 2 is 1.86 bits per heavy atom. The molecule has 2 bridgehead atoms. The molecule has 0 spiro atoms. The molecule has 2 fully saturated rings. The van der Waals surface area contributed by atoms with E-state index in [0.717, 1.165) is 6.42 Å². The van der Waals surface area contributed by atoms with Crippen molar-refractivity contribution in [2.75, 3.05) is 5.75 Å². The molecular formula is C18H24BrNO7S. The molecule has 0 saturated heterocycles. The summed E-state index contributed by atoms with van der Waals surface area (Å²) < 4.78 is 31.2. The number of hydrogen-bond donors (Lipinski definition) is 4. The van der Waals surface area contributed by atoms with Crippen LogP contribution in [0, 0.1) is 16.7 Å². The molecule has 28 heavy (non-hydrogen) atoms. The van der Waals surface area contributed by atoms with Crippen molar-refractivity contribution in [2.24, 2.45) is 22.5 Å². The second-order valence-electron chi connectivity index (χ2n) is 7.85. The minimum absolute atomic E-state index is 0.0635.